The quantitative estimate of drug-likeness (QED) is 0.536. The van der Waals surface area contributed by atoms with Crippen molar-refractivity contribution in [3.8, 4) is 5.69 Å². The first-order valence-electron chi connectivity index (χ1n) is 10.6. The summed E-state index contributed by atoms with van der Waals surface area (Å²) in [5.74, 6) is -0.197. The zero-order valence-corrected chi connectivity index (χ0v) is 19.1. The molecule has 168 valence electrons. The molecule has 0 bridgehead atoms. The summed E-state index contributed by atoms with van der Waals surface area (Å²) in [4.78, 5) is 13.1. The minimum absolute atomic E-state index is 0.0701. The molecule has 1 aliphatic carbocycles. The van der Waals surface area contributed by atoms with Crippen LogP contribution >= 0.6 is 11.6 Å². The van der Waals surface area contributed by atoms with E-state index in [0.717, 1.165) is 54.6 Å². The highest BCUT2D eigenvalue weighted by atomic mass is 35.5. The van der Waals surface area contributed by atoms with E-state index < -0.39 is 10.0 Å². The summed E-state index contributed by atoms with van der Waals surface area (Å²) in [6.07, 6.45) is 5.52. The maximum Gasteiger partial charge on any atom is 0.272 e. The zero-order chi connectivity index (χ0) is 22.7. The first-order chi connectivity index (χ1) is 15.3. The van der Waals surface area contributed by atoms with Crippen molar-refractivity contribution in [2.45, 2.75) is 43.4 Å². The van der Waals surface area contributed by atoms with Crippen LogP contribution in [0, 0.1) is 0 Å². The van der Waals surface area contributed by atoms with Crippen molar-refractivity contribution in [2.24, 2.45) is 5.14 Å². The van der Waals surface area contributed by atoms with Crippen molar-refractivity contribution >= 4 is 27.5 Å². The molecule has 3 N–H and O–H groups in total. The number of carbonyl (C=O) groups is 1. The number of carbonyl (C=O) groups excluding carboxylic acids is 1. The number of nitrogens with two attached hydrogens (primary N) is 1. The van der Waals surface area contributed by atoms with Gasteiger partial charge >= 0.3 is 0 Å². The third-order valence-electron chi connectivity index (χ3n) is 5.67. The van der Waals surface area contributed by atoms with Gasteiger partial charge in [-0.05, 0) is 74.1 Å². The molecule has 1 heterocycles. The van der Waals surface area contributed by atoms with Gasteiger partial charge in [0.2, 0.25) is 10.0 Å². The number of fused-ring (bicyclic) bond motifs is 1. The summed E-state index contributed by atoms with van der Waals surface area (Å²) in [5.41, 5.74) is 4.38. The van der Waals surface area contributed by atoms with Crippen LogP contribution < -0.4 is 10.5 Å². The summed E-state index contributed by atoms with van der Waals surface area (Å²) in [6, 6.07) is 13.8. The zero-order valence-electron chi connectivity index (χ0n) is 17.6. The van der Waals surface area contributed by atoms with E-state index >= 15 is 0 Å². The van der Waals surface area contributed by atoms with Crippen molar-refractivity contribution in [1.29, 1.82) is 0 Å². The Morgan fingerprint density at radius 2 is 1.72 bits per heavy atom. The van der Waals surface area contributed by atoms with Crippen molar-refractivity contribution in [3.63, 3.8) is 0 Å². The van der Waals surface area contributed by atoms with Crippen LogP contribution in [-0.4, -0.2) is 30.7 Å². The number of hydrogen-bond acceptors (Lipinski definition) is 4. The maximum absolute atomic E-state index is 13.0. The molecule has 32 heavy (non-hydrogen) atoms. The molecule has 0 aliphatic heterocycles. The normalized spacial score (nSPS) is 13.9. The molecular formula is C23H25ClN4O3S. The van der Waals surface area contributed by atoms with Gasteiger partial charge in [-0.3, -0.25) is 4.79 Å². The minimum atomic E-state index is -3.71. The van der Waals surface area contributed by atoms with Crippen LogP contribution in [0.2, 0.25) is 5.02 Å². The second kappa shape index (κ2) is 9.44. The average Bonchev–Trinajstić information content (AvgIpc) is 2.95. The summed E-state index contributed by atoms with van der Waals surface area (Å²) in [7, 11) is -3.71. The molecule has 0 radical (unpaired) electrons. The van der Waals surface area contributed by atoms with Crippen LogP contribution in [-0.2, 0) is 29.3 Å². The maximum atomic E-state index is 13.0. The Hall–Kier alpha value is -2.68. The summed E-state index contributed by atoms with van der Waals surface area (Å²) in [5, 5.41) is 13.4. The minimum Gasteiger partial charge on any atom is -0.350 e. The van der Waals surface area contributed by atoms with Crippen molar-refractivity contribution in [3.05, 3.63) is 76.1 Å². The third-order valence-corrected chi connectivity index (χ3v) is 6.85. The van der Waals surface area contributed by atoms with Crippen LogP contribution in [0.3, 0.4) is 0 Å². The van der Waals surface area contributed by atoms with Crippen LogP contribution in [0.15, 0.2) is 53.4 Å². The number of rotatable bonds is 6. The SMILES string of the molecule is NS(=O)(=O)c1ccc(CCNC(=O)c2nn(-c3ccc(Cl)cc3)c3c2CCCCC3)cc1. The number of nitrogens with one attached hydrogen (secondary N) is 1. The molecule has 1 aromatic heterocycles. The van der Waals surface area contributed by atoms with Crippen LogP contribution in [0.5, 0.6) is 0 Å². The first-order valence-corrected chi connectivity index (χ1v) is 12.5. The summed E-state index contributed by atoms with van der Waals surface area (Å²) >= 11 is 6.03. The molecule has 0 saturated carbocycles. The van der Waals surface area contributed by atoms with Gasteiger partial charge in [-0.1, -0.05) is 30.2 Å². The number of amides is 1. The Morgan fingerprint density at radius 1 is 1.03 bits per heavy atom. The first kappa shape index (κ1) is 22.5. The van der Waals surface area contributed by atoms with Gasteiger partial charge in [0.25, 0.3) is 5.91 Å². The molecule has 2 aromatic carbocycles. The Morgan fingerprint density at radius 3 is 2.41 bits per heavy atom. The molecule has 3 aromatic rings. The molecule has 7 nitrogen and oxygen atoms in total. The van der Waals surface area contributed by atoms with E-state index in [1.807, 2.05) is 28.9 Å². The lowest BCUT2D eigenvalue weighted by Gasteiger charge is -2.07. The van der Waals surface area contributed by atoms with Crippen LogP contribution in [0.25, 0.3) is 5.69 Å². The summed E-state index contributed by atoms with van der Waals surface area (Å²) < 4.78 is 24.6. The summed E-state index contributed by atoms with van der Waals surface area (Å²) in [6.45, 7) is 0.413. The molecule has 0 atom stereocenters. The highest BCUT2D eigenvalue weighted by Crippen LogP contribution is 2.27. The topological polar surface area (TPSA) is 107 Å². The lowest BCUT2D eigenvalue weighted by atomic mass is 10.1. The fourth-order valence-corrected chi connectivity index (χ4v) is 4.65. The van der Waals surface area contributed by atoms with Gasteiger partial charge in [0.1, 0.15) is 0 Å². The predicted molar refractivity (Wildman–Crippen MR) is 124 cm³/mol. The predicted octanol–water partition coefficient (Wildman–Crippen LogP) is 3.41. The standard InChI is InChI=1S/C23H25ClN4O3S/c24-17-8-10-18(11-9-17)28-21-5-3-1-2-4-20(21)22(27-28)23(29)26-15-14-16-6-12-19(13-7-16)32(25,30)31/h6-13H,1-5,14-15H2,(H,26,29)(H2,25,30,31). The van der Waals surface area contributed by atoms with Crippen molar-refractivity contribution < 1.29 is 13.2 Å². The Bertz CT molecular complexity index is 1220. The van der Waals surface area contributed by atoms with Gasteiger partial charge in [-0.25, -0.2) is 18.2 Å². The number of benzene rings is 2. The van der Waals surface area contributed by atoms with Gasteiger partial charge in [0.15, 0.2) is 5.69 Å². The molecular weight excluding hydrogens is 448 g/mol. The lowest BCUT2D eigenvalue weighted by Crippen LogP contribution is -2.27. The molecule has 0 unspecified atom stereocenters. The fourth-order valence-electron chi connectivity index (χ4n) is 4.00. The highest BCUT2D eigenvalue weighted by molar-refractivity contribution is 7.89. The Balaban J connectivity index is 1.50. The van der Waals surface area contributed by atoms with E-state index in [0.29, 0.717) is 23.7 Å². The smallest absolute Gasteiger partial charge is 0.272 e. The van der Waals surface area contributed by atoms with E-state index in [1.165, 1.54) is 12.1 Å². The van der Waals surface area contributed by atoms with E-state index in [4.69, 9.17) is 16.7 Å². The van der Waals surface area contributed by atoms with Crippen LogP contribution in [0.4, 0.5) is 0 Å². The van der Waals surface area contributed by atoms with Crippen LogP contribution in [0.1, 0.15) is 46.6 Å². The monoisotopic (exact) mass is 472 g/mol. The fraction of sp³-hybridized carbons (Fsp3) is 0.304. The van der Waals surface area contributed by atoms with Gasteiger partial charge in [0, 0.05) is 22.8 Å². The van der Waals surface area contributed by atoms with E-state index in [-0.39, 0.29) is 10.8 Å². The number of aromatic nitrogens is 2. The van der Waals surface area contributed by atoms with Gasteiger partial charge in [-0.15, -0.1) is 0 Å². The molecule has 1 aliphatic rings. The van der Waals surface area contributed by atoms with Gasteiger partial charge < -0.3 is 5.32 Å². The third kappa shape index (κ3) is 5.03. The molecule has 0 fully saturated rings. The number of primary sulfonamides is 1. The molecule has 9 heteroatoms. The molecule has 0 spiro atoms. The highest BCUT2D eigenvalue weighted by Gasteiger charge is 2.24. The van der Waals surface area contributed by atoms with E-state index in [9.17, 15) is 13.2 Å². The largest absolute Gasteiger partial charge is 0.350 e. The van der Waals surface area contributed by atoms with Crippen molar-refractivity contribution in [1.82, 2.24) is 15.1 Å². The number of sulfonamides is 1. The second-order valence-electron chi connectivity index (χ2n) is 7.92. The van der Waals surface area contributed by atoms with Gasteiger partial charge in [0.05, 0.1) is 10.6 Å². The van der Waals surface area contributed by atoms with Gasteiger partial charge in [-0.2, -0.15) is 5.10 Å². The number of halogens is 1. The Kier molecular flexibility index (Phi) is 6.64. The van der Waals surface area contributed by atoms with Crippen molar-refractivity contribution in [2.75, 3.05) is 6.54 Å². The molecule has 4 rings (SSSR count). The van der Waals surface area contributed by atoms with E-state index in [1.54, 1.807) is 12.1 Å². The number of nitrogens with zero attached hydrogens (tertiary/aromatic N) is 2. The lowest BCUT2D eigenvalue weighted by molar-refractivity contribution is 0.0947. The average molecular weight is 473 g/mol. The molecule has 0 saturated heterocycles. The van der Waals surface area contributed by atoms with E-state index in [2.05, 4.69) is 10.4 Å². The molecule has 1 amide bonds. The second-order valence-corrected chi connectivity index (χ2v) is 9.92. The number of hydrogen-bond donors (Lipinski definition) is 2. The Labute approximate surface area is 192 Å².